The van der Waals surface area contributed by atoms with Gasteiger partial charge in [-0.2, -0.15) is 31.1 Å². The Labute approximate surface area is 221 Å². The number of aryl methyl sites for hydroxylation is 3. The molecule has 0 bridgehead atoms. The number of hydrogen-bond donors (Lipinski definition) is 1. The maximum atomic E-state index is 13.5. The van der Waals surface area contributed by atoms with Crippen molar-refractivity contribution in [3.8, 4) is 0 Å². The van der Waals surface area contributed by atoms with Crippen LogP contribution in [0.2, 0.25) is 0 Å². The molecule has 0 atom stereocenters. The Kier molecular flexibility index (Phi) is 6.96. The fraction of sp³-hybridized carbons (Fsp3) is 0.538. The summed E-state index contributed by atoms with van der Waals surface area (Å²) >= 11 is 0. The molecule has 2 aliphatic rings. The second kappa shape index (κ2) is 9.98. The van der Waals surface area contributed by atoms with E-state index in [1.807, 2.05) is 19.9 Å². The Morgan fingerprint density at radius 3 is 2.00 bits per heavy atom. The van der Waals surface area contributed by atoms with Crippen molar-refractivity contribution >= 4 is 11.8 Å². The summed E-state index contributed by atoms with van der Waals surface area (Å²) < 4.78 is 81.0. The number of tetrazole rings is 1. The lowest BCUT2D eigenvalue weighted by atomic mass is 10.0. The van der Waals surface area contributed by atoms with Crippen molar-refractivity contribution in [3.05, 3.63) is 57.8 Å². The van der Waals surface area contributed by atoms with E-state index in [-0.39, 0.29) is 30.7 Å². The molecule has 2 aliphatic carbocycles. The first kappa shape index (κ1) is 27.2. The molecule has 0 spiro atoms. The number of nitrogens with zero attached hydrogens (tertiary/aromatic N) is 6. The molecule has 1 aromatic carbocycles. The highest BCUT2D eigenvalue weighted by molar-refractivity contribution is 5.51. The maximum Gasteiger partial charge on any atom is 0.416 e. The van der Waals surface area contributed by atoms with Gasteiger partial charge in [0.25, 0.3) is 5.95 Å². The van der Waals surface area contributed by atoms with Crippen LogP contribution in [0, 0.1) is 25.7 Å². The van der Waals surface area contributed by atoms with Gasteiger partial charge >= 0.3 is 12.4 Å². The number of rotatable bonds is 9. The van der Waals surface area contributed by atoms with E-state index in [1.165, 1.54) is 16.7 Å². The van der Waals surface area contributed by atoms with Gasteiger partial charge < -0.3 is 10.2 Å². The molecule has 0 unspecified atom stereocenters. The predicted molar refractivity (Wildman–Crippen MR) is 132 cm³/mol. The molecule has 2 fully saturated rings. The van der Waals surface area contributed by atoms with Gasteiger partial charge in [-0.1, -0.05) is 5.10 Å². The molecule has 2 aromatic heterocycles. The summed E-state index contributed by atoms with van der Waals surface area (Å²) in [6.45, 7) is 3.60. The smallest absolute Gasteiger partial charge is 0.366 e. The minimum Gasteiger partial charge on any atom is -0.366 e. The van der Waals surface area contributed by atoms with Crippen LogP contribution >= 0.6 is 0 Å². The van der Waals surface area contributed by atoms with Gasteiger partial charge in [0.2, 0.25) is 0 Å². The minimum atomic E-state index is -4.94. The molecule has 13 heteroatoms. The van der Waals surface area contributed by atoms with E-state index in [1.54, 1.807) is 0 Å². The standard InChI is InChI=1S/C26H29F6N7/c1-14-8-19(23(33-15(14)2)34-22(17-4-5-17)18-6-7-18)13-39(24-35-37-38(3)36-24)12-16-9-20(25(27,28)29)11-21(10-16)26(30,31)32/h8-11,17-18,22H,4-7,12-13H2,1-3H3,(H,33,34). The third-order valence-electron chi connectivity index (χ3n) is 7.27. The largest absolute Gasteiger partial charge is 0.416 e. The van der Waals surface area contributed by atoms with Gasteiger partial charge in [0.1, 0.15) is 5.82 Å². The lowest BCUT2D eigenvalue weighted by molar-refractivity contribution is -0.143. The van der Waals surface area contributed by atoms with E-state index < -0.39 is 23.5 Å². The molecule has 3 aromatic rings. The highest BCUT2D eigenvalue weighted by Crippen LogP contribution is 2.46. The third kappa shape index (κ3) is 6.44. The van der Waals surface area contributed by atoms with Crippen LogP contribution in [-0.2, 0) is 32.5 Å². The van der Waals surface area contributed by atoms with E-state index >= 15 is 0 Å². The third-order valence-corrected chi connectivity index (χ3v) is 7.27. The van der Waals surface area contributed by atoms with Gasteiger partial charge in [0, 0.05) is 30.4 Å². The van der Waals surface area contributed by atoms with E-state index in [9.17, 15) is 26.3 Å². The summed E-state index contributed by atoms with van der Waals surface area (Å²) in [5.41, 5.74) is -0.416. The molecule has 210 valence electrons. The fourth-order valence-electron chi connectivity index (χ4n) is 4.83. The van der Waals surface area contributed by atoms with Gasteiger partial charge in [-0.3, -0.25) is 0 Å². The van der Waals surface area contributed by atoms with Crippen LogP contribution < -0.4 is 10.2 Å². The highest BCUT2D eigenvalue weighted by atomic mass is 19.4. The first-order chi connectivity index (χ1) is 18.3. The number of halogens is 6. The van der Waals surface area contributed by atoms with Gasteiger partial charge in [-0.05, 0) is 92.0 Å². The van der Waals surface area contributed by atoms with E-state index in [2.05, 4.69) is 20.7 Å². The molecular weight excluding hydrogens is 524 g/mol. The normalized spacial score (nSPS) is 16.2. The lowest BCUT2D eigenvalue weighted by Gasteiger charge is -2.26. The van der Waals surface area contributed by atoms with Gasteiger partial charge in [-0.25, -0.2) is 4.98 Å². The van der Waals surface area contributed by atoms with Crippen LogP contribution in [0.15, 0.2) is 24.3 Å². The van der Waals surface area contributed by atoms with Crippen molar-refractivity contribution in [1.82, 2.24) is 25.2 Å². The first-order valence-corrected chi connectivity index (χ1v) is 12.8. The minimum absolute atomic E-state index is 0.0774. The Morgan fingerprint density at radius 2 is 1.51 bits per heavy atom. The predicted octanol–water partition coefficient (Wildman–Crippen LogP) is 6.07. The van der Waals surface area contributed by atoms with Crippen LogP contribution in [-0.4, -0.2) is 31.2 Å². The Balaban J connectivity index is 1.51. The van der Waals surface area contributed by atoms with Crippen LogP contribution in [0.25, 0.3) is 0 Å². The molecule has 0 radical (unpaired) electrons. The average Bonchev–Trinajstić information content (AvgIpc) is 3.77. The zero-order valence-electron chi connectivity index (χ0n) is 21.7. The van der Waals surface area contributed by atoms with Crippen molar-refractivity contribution in [2.45, 2.75) is 71.0 Å². The maximum absolute atomic E-state index is 13.5. The van der Waals surface area contributed by atoms with Gasteiger partial charge in [0.05, 0.1) is 18.2 Å². The Hall–Kier alpha value is -3.38. The van der Waals surface area contributed by atoms with Crippen LogP contribution in [0.3, 0.4) is 0 Å². The van der Waals surface area contributed by atoms with Crippen LogP contribution in [0.1, 0.15) is 59.2 Å². The number of nitrogens with one attached hydrogen (secondary N) is 1. The van der Waals surface area contributed by atoms with Crippen LogP contribution in [0.5, 0.6) is 0 Å². The van der Waals surface area contributed by atoms with Gasteiger partial charge in [0.15, 0.2) is 0 Å². The molecular formula is C26H29F6N7. The molecule has 1 N–H and O–H groups in total. The molecule has 0 saturated heterocycles. The zero-order valence-corrected chi connectivity index (χ0v) is 21.7. The SMILES string of the molecule is Cc1cc(CN(Cc2cc(C(F)(F)F)cc(C(F)(F)F)c2)c2nnn(C)n2)c(NC(C2CC2)C2CC2)nc1C. The summed E-state index contributed by atoms with van der Waals surface area (Å²) in [4.78, 5) is 7.49. The summed E-state index contributed by atoms with van der Waals surface area (Å²) in [6, 6.07) is 3.82. The van der Waals surface area contributed by atoms with E-state index in [0.717, 1.165) is 54.6 Å². The number of pyridine rings is 1. The topological polar surface area (TPSA) is 71.8 Å². The number of anilines is 2. The summed E-state index contributed by atoms with van der Waals surface area (Å²) in [5.74, 6) is 1.90. The van der Waals surface area contributed by atoms with Crippen molar-refractivity contribution < 1.29 is 26.3 Å². The molecule has 0 amide bonds. The Morgan fingerprint density at radius 1 is 0.923 bits per heavy atom. The highest BCUT2D eigenvalue weighted by Gasteiger charge is 2.42. The number of benzene rings is 1. The van der Waals surface area contributed by atoms with E-state index in [0.29, 0.717) is 23.7 Å². The number of hydrogen-bond acceptors (Lipinski definition) is 6. The molecule has 5 rings (SSSR count). The second-order valence-electron chi connectivity index (χ2n) is 10.6. The summed E-state index contributed by atoms with van der Waals surface area (Å²) in [7, 11) is 1.53. The molecule has 2 heterocycles. The number of aromatic nitrogens is 5. The first-order valence-electron chi connectivity index (χ1n) is 12.8. The van der Waals surface area contributed by atoms with Crippen molar-refractivity contribution in [1.29, 1.82) is 0 Å². The molecule has 39 heavy (non-hydrogen) atoms. The quantitative estimate of drug-likeness (QED) is 0.325. The lowest BCUT2D eigenvalue weighted by Crippen LogP contribution is -2.28. The second-order valence-corrected chi connectivity index (χ2v) is 10.6. The molecule has 7 nitrogen and oxygen atoms in total. The van der Waals surface area contributed by atoms with Gasteiger partial charge in [-0.15, -0.1) is 5.10 Å². The fourth-order valence-corrected chi connectivity index (χ4v) is 4.83. The van der Waals surface area contributed by atoms with Crippen molar-refractivity contribution in [2.75, 3.05) is 10.2 Å². The van der Waals surface area contributed by atoms with Crippen molar-refractivity contribution in [3.63, 3.8) is 0 Å². The molecule has 2 saturated carbocycles. The van der Waals surface area contributed by atoms with Crippen molar-refractivity contribution in [2.24, 2.45) is 18.9 Å². The zero-order chi connectivity index (χ0) is 28.1. The Bertz CT molecular complexity index is 1300. The van der Waals surface area contributed by atoms with Crippen LogP contribution in [0.4, 0.5) is 38.1 Å². The summed E-state index contributed by atoms with van der Waals surface area (Å²) in [6.07, 6.45) is -5.27. The monoisotopic (exact) mass is 553 g/mol. The number of alkyl halides is 6. The summed E-state index contributed by atoms with van der Waals surface area (Å²) in [5, 5.41) is 15.6. The molecule has 0 aliphatic heterocycles. The average molecular weight is 554 g/mol. The van der Waals surface area contributed by atoms with E-state index in [4.69, 9.17) is 4.98 Å².